The maximum atomic E-state index is 12.1. The van der Waals surface area contributed by atoms with Gasteiger partial charge in [0.1, 0.15) is 11.5 Å². The Balaban J connectivity index is 1.35. The van der Waals surface area contributed by atoms with E-state index in [4.69, 9.17) is 9.26 Å². The highest BCUT2D eigenvalue weighted by molar-refractivity contribution is 6.39. The van der Waals surface area contributed by atoms with Crippen molar-refractivity contribution in [3.8, 4) is 17.1 Å². The largest absolute Gasteiger partial charge is 0.497 e. The fraction of sp³-hybridized carbons (Fsp3) is 0.450. The van der Waals surface area contributed by atoms with Crippen molar-refractivity contribution in [2.45, 2.75) is 38.5 Å². The zero-order valence-electron chi connectivity index (χ0n) is 16.7. The van der Waals surface area contributed by atoms with Crippen molar-refractivity contribution < 1.29 is 18.8 Å². The molecule has 0 unspecified atom stereocenters. The lowest BCUT2D eigenvalue weighted by Crippen LogP contribution is -2.37. The molecule has 2 amide bonds. The molecule has 9 heteroatoms. The molecule has 0 spiro atoms. The Morgan fingerprint density at radius 1 is 1.21 bits per heavy atom. The zero-order valence-corrected chi connectivity index (χ0v) is 16.7. The third kappa shape index (κ3) is 5.63. The van der Waals surface area contributed by atoms with Crippen LogP contribution in [0.2, 0.25) is 0 Å². The molecule has 0 bridgehead atoms. The molecule has 29 heavy (non-hydrogen) atoms. The van der Waals surface area contributed by atoms with Gasteiger partial charge >= 0.3 is 0 Å². The summed E-state index contributed by atoms with van der Waals surface area (Å²) in [5.41, 5.74) is 1.28. The fourth-order valence-corrected chi connectivity index (χ4v) is 2.93. The van der Waals surface area contributed by atoms with Gasteiger partial charge in [0.15, 0.2) is 0 Å². The van der Waals surface area contributed by atoms with Crippen LogP contribution < -0.4 is 10.1 Å². The molecule has 154 valence electrons. The third-order valence-electron chi connectivity index (χ3n) is 4.64. The van der Waals surface area contributed by atoms with Gasteiger partial charge in [-0.2, -0.15) is 10.1 Å². The van der Waals surface area contributed by atoms with Crippen molar-refractivity contribution >= 4 is 17.5 Å². The Kier molecular flexibility index (Phi) is 6.94. The summed E-state index contributed by atoms with van der Waals surface area (Å²) < 4.78 is 10.4. The minimum absolute atomic E-state index is 0.0716. The fourth-order valence-electron chi connectivity index (χ4n) is 2.93. The summed E-state index contributed by atoms with van der Waals surface area (Å²) in [6.45, 7) is 0.566. The number of aromatic nitrogens is 2. The van der Waals surface area contributed by atoms with Crippen LogP contribution in [0.1, 0.15) is 38.0 Å². The number of hydrazone groups is 1. The summed E-state index contributed by atoms with van der Waals surface area (Å²) in [6, 6.07) is 7.49. The summed E-state index contributed by atoms with van der Waals surface area (Å²) in [5.74, 6) is 1.67. The molecule has 0 saturated heterocycles. The first-order chi connectivity index (χ1) is 14.1. The Hall–Kier alpha value is -3.23. The maximum absolute atomic E-state index is 12.1. The summed E-state index contributed by atoms with van der Waals surface area (Å²) in [7, 11) is 3.18. The number of ether oxygens (including phenoxy) is 1. The van der Waals surface area contributed by atoms with Crippen LogP contribution in [-0.2, 0) is 16.0 Å². The van der Waals surface area contributed by atoms with E-state index >= 15 is 0 Å². The van der Waals surface area contributed by atoms with Crippen molar-refractivity contribution in [3.05, 3.63) is 30.2 Å². The summed E-state index contributed by atoms with van der Waals surface area (Å²) >= 11 is 0. The van der Waals surface area contributed by atoms with Gasteiger partial charge in [-0.3, -0.25) is 9.59 Å². The number of unbranched alkanes of at least 4 members (excludes halogenated alkanes) is 2. The molecule has 0 fully saturated rings. The van der Waals surface area contributed by atoms with Crippen LogP contribution >= 0.6 is 0 Å². The molecule has 1 N–H and O–H groups in total. The van der Waals surface area contributed by atoms with Gasteiger partial charge in [-0.25, -0.2) is 5.01 Å². The molecule has 0 aliphatic carbocycles. The lowest BCUT2D eigenvalue weighted by atomic mass is 10.1. The van der Waals surface area contributed by atoms with Gasteiger partial charge in [0.05, 0.1) is 7.11 Å². The monoisotopic (exact) mass is 399 g/mol. The van der Waals surface area contributed by atoms with Crippen LogP contribution in [0.4, 0.5) is 0 Å². The van der Waals surface area contributed by atoms with E-state index in [0.29, 0.717) is 43.2 Å². The van der Waals surface area contributed by atoms with E-state index in [0.717, 1.165) is 30.6 Å². The van der Waals surface area contributed by atoms with E-state index in [2.05, 4.69) is 20.6 Å². The minimum Gasteiger partial charge on any atom is -0.497 e. The Morgan fingerprint density at radius 2 is 2.00 bits per heavy atom. The lowest BCUT2D eigenvalue weighted by molar-refractivity contribution is -0.130. The molecule has 9 nitrogen and oxygen atoms in total. The predicted octanol–water partition coefficient (Wildman–Crippen LogP) is 2.18. The third-order valence-corrected chi connectivity index (χ3v) is 4.64. The number of nitrogens with one attached hydrogen (secondary N) is 1. The molecule has 1 aliphatic rings. The molecule has 2 aromatic rings. The lowest BCUT2D eigenvalue weighted by Gasteiger charge is -2.18. The first kappa shape index (κ1) is 20.5. The molecule has 1 aliphatic heterocycles. The van der Waals surface area contributed by atoms with Gasteiger partial charge < -0.3 is 14.6 Å². The van der Waals surface area contributed by atoms with Crippen LogP contribution in [0.15, 0.2) is 33.9 Å². The van der Waals surface area contributed by atoms with Crippen LogP contribution in [0.3, 0.4) is 0 Å². The highest BCUT2D eigenvalue weighted by atomic mass is 16.5. The highest BCUT2D eigenvalue weighted by Crippen LogP contribution is 2.20. The molecule has 1 aromatic carbocycles. The van der Waals surface area contributed by atoms with Crippen LogP contribution in [-0.4, -0.2) is 53.4 Å². The summed E-state index contributed by atoms with van der Waals surface area (Å²) in [5, 5.41) is 12.1. The van der Waals surface area contributed by atoms with E-state index in [1.165, 1.54) is 5.01 Å². The number of rotatable bonds is 9. The molecule has 0 atom stereocenters. The van der Waals surface area contributed by atoms with Gasteiger partial charge in [0.2, 0.25) is 17.6 Å². The Bertz CT molecular complexity index is 875. The van der Waals surface area contributed by atoms with E-state index < -0.39 is 0 Å². The van der Waals surface area contributed by atoms with Crippen molar-refractivity contribution in [2.24, 2.45) is 5.10 Å². The number of amides is 2. The van der Waals surface area contributed by atoms with Gasteiger partial charge in [-0.1, -0.05) is 11.6 Å². The topological polar surface area (TPSA) is 110 Å². The molecule has 0 radical (unpaired) electrons. The van der Waals surface area contributed by atoms with Crippen molar-refractivity contribution in [2.75, 3.05) is 20.7 Å². The number of aryl methyl sites for hydroxylation is 1. The van der Waals surface area contributed by atoms with Gasteiger partial charge in [0.25, 0.3) is 5.91 Å². The number of benzene rings is 1. The maximum Gasteiger partial charge on any atom is 0.267 e. The van der Waals surface area contributed by atoms with Crippen molar-refractivity contribution in [1.82, 2.24) is 20.5 Å². The van der Waals surface area contributed by atoms with Crippen molar-refractivity contribution in [1.29, 1.82) is 0 Å². The first-order valence-corrected chi connectivity index (χ1v) is 9.66. The highest BCUT2D eigenvalue weighted by Gasteiger charge is 2.21. The Labute approximate surface area is 169 Å². The summed E-state index contributed by atoms with van der Waals surface area (Å²) in [6.07, 6.45) is 4.06. The van der Waals surface area contributed by atoms with Crippen LogP contribution in [0.25, 0.3) is 11.4 Å². The molecular weight excluding hydrogens is 374 g/mol. The molecule has 1 aromatic heterocycles. The number of hydrogen-bond donors (Lipinski definition) is 1. The number of carbonyl (C=O) groups is 2. The van der Waals surface area contributed by atoms with Gasteiger partial charge in [-0.15, -0.1) is 0 Å². The SMILES string of the molecule is COc1ccc(-c2noc(CCCCCNC(=O)C3=NN(C)C(=O)CC3)n2)cc1. The standard InChI is InChI=1S/C20H25N5O4/c1-25-18(26)12-11-16(23-25)20(27)21-13-5-3-4-6-17-22-19(24-29-17)14-7-9-15(28-2)10-8-14/h7-10H,3-6,11-13H2,1-2H3,(H,21,27). The second-order valence-electron chi connectivity index (χ2n) is 6.77. The molecular formula is C20H25N5O4. The average Bonchev–Trinajstić information content (AvgIpc) is 3.21. The second-order valence-corrected chi connectivity index (χ2v) is 6.77. The second kappa shape index (κ2) is 9.81. The number of nitrogens with zero attached hydrogens (tertiary/aromatic N) is 4. The normalized spacial score (nSPS) is 13.9. The van der Waals surface area contributed by atoms with Gasteiger partial charge in [0, 0.05) is 38.4 Å². The average molecular weight is 399 g/mol. The van der Waals surface area contributed by atoms with E-state index in [-0.39, 0.29) is 11.8 Å². The van der Waals surface area contributed by atoms with E-state index in [9.17, 15) is 9.59 Å². The number of hydrogen-bond acceptors (Lipinski definition) is 7. The first-order valence-electron chi connectivity index (χ1n) is 9.66. The van der Waals surface area contributed by atoms with Gasteiger partial charge in [-0.05, 0) is 37.1 Å². The minimum atomic E-state index is -0.203. The van der Waals surface area contributed by atoms with E-state index in [1.807, 2.05) is 24.3 Å². The number of methoxy groups -OCH3 is 1. The summed E-state index contributed by atoms with van der Waals surface area (Å²) in [4.78, 5) is 27.9. The van der Waals surface area contributed by atoms with Crippen molar-refractivity contribution in [3.63, 3.8) is 0 Å². The molecule has 2 heterocycles. The zero-order chi connectivity index (χ0) is 20.6. The molecule has 0 saturated carbocycles. The van der Waals surface area contributed by atoms with E-state index in [1.54, 1.807) is 14.2 Å². The van der Waals surface area contributed by atoms with Crippen LogP contribution in [0, 0.1) is 0 Å². The Morgan fingerprint density at radius 3 is 2.72 bits per heavy atom. The smallest absolute Gasteiger partial charge is 0.267 e. The number of carbonyl (C=O) groups excluding carboxylic acids is 2. The molecule has 3 rings (SSSR count). The predicted molar refractivity (Wildman–Crippen MR) is 106 cm³/mol. The quantitative estimate of drug-likeness (QED) is 0.647. The van der Waals surface area contributed by atoms with Crippen LogP contribution in [0.5, 0.6) is 5.75 Å².